The van der Waals surface area contributed by atoms with E-state index in [1.165, 1.54) is 5.56 Å². The van der Waals surface area contributed by atoms with Gasteiger partial charge in [-0.25, -0.2) is 4.79 Å². The van der Waals surface area contributed by atoms with Crippen LogP contribution in [0.15, 0.2) is 48.0 Å². The molecule has 150 valence electrons. The van der Waals surface area contributed by atoms with Crippen molar-refractivity contribution in [2.45, 2.75) is 39.1 Å². The SMILES string of the molecule is C[C@@H](N)c1ccccc1.Cc1cc(C)c2c(c1)C=C(C(=O)O)[C@H](C(F)(F)F)O2. The van der Waals surface area contributed by atoms with E-state index in [1.807, 2.05) is 37.3 Å². The molecule has 3 rings (SSSR count). The number of halogens is 3. The van der Waals surface area contributed by atoms with Gasteiger partial charge in [-0.15, -0.1) is 0 Å². The monoisotopic (exact) mass is 393 g/mol. The van der Waals surface area contributed by atoms with Crippen LogP contribution in [0.5, 0.6) is 5.75 Å². The number of ether oxygens (including phenoxy) is 1. The van der Waals surface area contributed by atoms with Crippen LogP contribution in [0.4, 0.5) is 13.2 Å². The van der Waals surface area contributed by atoms with Gasteiger partial charge in [0, 0.05) is 11.6 Å². The van der Waals surface area contributed by atoms with Crippen molar-refractivity contribution in [1.82, 2.24) is 0 Å². The number of hydrogen-bond acceptors (Lipinski definition) is 3. The number of carbonyl (C=O) groups is 1. The van der Waals surface area contributed by atoms with Crippen molar-refractivity contribution in [1.29, 1.82) is 0 Å². The smallest absolute Gasteiger partial charge is 0.430 e. The number of hydrogen-bond donors (Lipinski definition) is 2. The Balaban J connectivity index is 0.000000261. The highest BCUT2D eigenvalue weighted by Crippen LogP contribution is 2.39. The molecule has 2 aromatic rings. The summed E-state index contributed by atoms with van der Waals surface area (Å²) in [5.74, 6) is -1.55. The molecule has 1 aliphatic rings. The largest absolute Gasteiger partial charge is 0.478 e. The Morgan fingerprint density at radius 1 is 1.18 bits per heavy atom. The standard InChI is InChI=1S/C13H11F3O3.C8H11N/c1-6-3-7(2)10-8(4-6)5-9(12(17)18)11(19-10)13(14,15)16;1-7(9)8-5-3-2-4-6-8/h3-5,11H,1-2H3,(H,17,18);2-7H,9H2,1H3/t11-;7-/m11/s1. The molecule has 4 nitrogen and oxygen atoms in total. The zero-order chi connectivity index (χ0) is 21.1. The molecule has 0 aromatic heterocycles. The van der Waals surface area contributed by atoms with Crippen LogP contribution in [0.25, 0.3) is 6.08 Å². The van der Waals surface area contributed by atoms with Gasteiger partial charge < -0.3 is 15.6 Å². The highest BCUT2D eigenvalue weighted by molar-refractivity contribution is 5.95. The predicted molar refractivity (Wildman–Crippen MR) is 101 cm³/mol. The summed E-state index contributed by atoms with van der Waals surface area (Å²) >= 11 is 0. The molecular formula is C21H22F3NO3. The third-order valence-electron chi connectivity index (χ3n) is 4.15. The molecule has 28 heavy (non-hydrogen) atoms. The van der Waals surface area contributed by atoms with Gasteiger partial charge in [-0.3, -0.25) is 0 Å². The van der Waals surface area contributed by atoms with Gasteiger partial charge in [0.15, 0.2) is 0 Å². The molecule has 1 heterocycles. The number of fused-ring (bicyclic) bond motifs is 1. The van der Waals surface area contributed by atoms with Crippen LogP contribution < -0.4 is 10.5 Å². The molecule has 2 aromatic carbocycles. The number of alkyl halides is 3. The van der Waals surface area contributed by atoms with Crippen molar-refractivity contribution in [2.24, 2.45) is 5.73 Å². The molecule has 2 atom stereocenters. The average Bonchev–Trinajstić information content (AvgIpc) is 2.61. The molecule has 0 saturated heterocycles. The fraction of sp³-hybridized carbons (Fsp3) is 0.286. The number of nitrogens with two attached hydrogens (primary N) is 1. The first-order valence-electron chi connectivity index (χ1n) is 8.60. The topological polar surface area (TPSA) is 72.6 Å². The first kappa shape index (κ1) is 21.5. The van der Waals surface area contributed by atoms with E-state index < -0.39 is 23.8 Å². The Morgan fingerprint density at radius 3 is 2.25 bits per heavy atom. The summed E-state index contributed by atoms with van der Waals surface area (Å²) < 4.78 is 43.4. The van der Waals surface area contributed by atoms with Crippen LogP contribution in [0, 0.1) is 13.8 Å². The van der Waals surface area contributed by atoms with E-state index in [2.05, 4.69) is 0 Å². The van der Waals surface area contributed by atoms with Crippen LogP contribution in [-0.2, 0) is 4.79 Å². The lowest BCUT2D eigenvalue weighted by Crippen LogP contribution is -2.40. The Labute approximate surface area is 161 Å². The lowest BCUT2D eigenvalue weighted by atomic mass is 9.97. The van der Waals surface area contributed by atoms with Gasteiger partial charge in [0.25, 0.3) is 0 Å². The maximum atomic E-state index is 12.8. The normalized spacial score (nSPS) is 16.7. The maximum absolute atomic E-state index is 12.8. The van der Waals surface area contributed by atoms with Crippen molar-refractivity contribution in [3.63, 3.8) is 0 Å². The second-order valence-corrected chi connectivity index (χ2v) is 6.64. The highest BCUT2D eigenvalue weighted by atomic mass is 19.4. The van der Waals surface area contributed by atoms with Crippen LogP contribution >= 0.6 is 0 Å². The lowest BCUT2D eigenvalue weighted by molar-refractivity contribution is -0.187. The van der Waals surface area contributed by atoms with Crippen molar-refractivity contribution < 1.29 is 27.8 Å². The van der Waals surface area contributed by atoms with Gasteiger partial charge in [-0.2, -0.15) is 13.2 Å². The summed E-state index contributed by atoms with van der Waals surface area (Å²) in [5, 5.41) is 8.89. The minimum Gasteiger partial charge on any atom is -0.478 e. The van der Waals surface area contributed by atoms with Crippen LogP contribution in [0.1, 0.15) is 35.2 Å². The predicted octanol–water partition coefficient (Wildman–Crippen LogP) is 4.80. The van der Waals surface area contributed by atoms with Crippen LogP contribution in [0.3, 0.4) is 0 Å². The average molecular weight is 393 g/mol. The van der Waals surface area contributed by atoms with E-state index in [1.54, 1.807) is 26.0 Å². The minimum absolute atomic E-state index is 0.0814. The molecule has 0 amide bonds. The third kappa shape index (κ3) is 5.13. The third-order valence-corrected chi connectivity index (χ3v) is 4.15. The van der Waals surface area contributed by atoms with Crippen molar-refractivity contribution >= 4 is 12.0 Å². The fourth-order valence-electron chi connectivity index (χ4n) is 2.85. The van der Waals surface area contributed by atoms with Crippen molar-refractivity contribution in [3.8, 4) is 5.75 Å². The van der Waals surface area contributed by atoms with E-state index >= 15 is 0 Å². The number of aliphatic carboxylic acids is 1. The molecule has 0 bridgehead atoms. The summed E-state index contributed by atoms with van der Waals surface area (Å²) in [6.07, 6.45) is -6.17. The highest BCUT2D eigenvalue weighted by Gasteiger charge is 2.48. The molecule has 0 aliphatic carbocycles. The fourth-order valence-corrected chi connectivity index (χ4v) is 2.85. The molecule has 0 saturated carbocycles. The van der Waals surface area contributed by atoms with E-state index in [0.717, 1.165) is 11.6 Å². The van der Waals surface area contributed by atoms with Gasteiger partial charge in [0.1, 0.15) is 5.75 Å². The summed E-state index contributed by atoms with van der Waals surface area (Å²) in [7, 11) is 0. The Kier molecular flexibility index (Phi) is 6.51. The van der Waals surface area contributed by atoms with Crippen LogP contribution in [-0.4, -0.2) is 23.4 Å². The van der Waals surface area contributed by atoms with E-state index in [0.29, 0.717) is 11.1 Å². The molecule has 0 unspecified atom stereocenters. The summed E-state index contributed by atoms with van der Waals surface area (Å²) in [6, 6.07) is 13.5. The molecule has 0 radical (unpaired) electrons. The first-order chi connectivity index (χ1) is 13.0. The first-order valence-corrected chi connectivity index (χ1v) is 8.60. The number of aryl methyl sites for hydroxylation is 2. The Morgan fingerprint density at radius 2 is 1.79 bits per heavy atom. The Hall–Kier alpha value is -2.80. The quantitative estimate of drug-likeness (QED) is 0.769. The summed E-state index contributed by atoms with van der Waals surface area (Å²) in [4.78, 5) is 10.9. The number of benzene rings is 2. The Bertz CT molecular complexity index is 874. The zero-order valence-corrected chi connectivity index (χ0v) is 15.7. The van der Waals surface area contributed by atoms with Gasteiger partial charge in [0.05, 0.1) is 5.57 Å². The second-order valence-electron chi connectivity index (χ2n) is 6.64. The van der Waals surface area contributed by atoms with E-state index in [9.17, 15) is 18.0 Å². The van der Waals surface area contributed by atoms with E-state index in [-0.39, 0.29) is 11.8 Å². The van der Waals surface area contributed by atoms with Crippen molar-refractivity contribution in [2.75, 3.05) is 0 Å². The summed E-state index contributed by atoms with van der Waals surface area (Å²) in [5.41, 5.74) is 7.73. The zero-order valence-electron chi connectivity index (χ0n) is 15.7. The van der Waals surface area contributed by atoms with Gasteiger partial charge in [0.2, 0.25) is 6.10 Å². The van der Waals surface area contributed by atoms with Gasteiger partial charge >= 0.3 is 12.1 Å². The van der Waals surface area contributed by atoms with Gasteiger partial charge in [-0.05, 0) is 44.0 Å². The van der Waals surface area contributed by atoms with Gasteiger partial charge in [-0.1, -0.05) is 42.0 Å². The maximum Gasteiger partial charge on any atom is 0.430 e. The van der Waals surface area contributed by atoms with Crippen LogP contribution in [0.2, 0.25) is 0 Å². The second kappa shape index (κ2) is 8.48. The minimum atomic E-state index is -4.76. The number of carboxylic acids is 1. The molecular weight excluding hydrogens is 371 g/mol. The lowest BCUT2D eigenvalue weighted by Gasteiger charge is -2.28. The number of rotatable bonds is 2. The molecule has 3 N–H and O–H groups in total. The molecule has 1 aliphatic heterocycles. The number of carboxylic acid groups (broad SMARTS) is 1. The van der Waals surface area contributed by atoms with E-state index in [4.69, 9.17) is 15.6 Å². The molecule has 0 spiro atoms. The van der Waals surface area contributed by atoms with Crippen molar-refractivity contribution in [3.05, 3.63) is 70.3 Å². The summed E-state index contributed by atoms with van der Waals surface area (Å²) in [6.45, 7) is 5.38. The molecule has 7 heteroatoms. The molecule has 0 fully saturated rings.